The average Bonchev–Trinajstić information content (AvgIpc) is 2.98. The molecule has 1 saturated heterocycles. The second-order valence-corrected chi connectivity index (χ2v) is 7.54. The van der Waals surface area contributed by atoms with Crippen molar-refractivity contribution in [1.29, 1.82) is 0 Å². The van der Waals surface area contributed by atoms with E-state index in [-0.39, 0.29) is 18.1 Å². The van der Waals surface area contributed by atoms with Gasteiger partial charge >= 0.3 is 0 Å². The zero-order chi connectivity index (χ0) is 18.7. The molecule has 2 aromatic rings. The molecule has 0 radical (unpaired) electrons. The molecule has 5 heteroatoms. The maximum Gasteiger partial charge on any atom is 0.224 e. The maximum absolute atomic E-state index is 12.3. The molecule has 3 rings (SSSR count). The van der Waals surface area contributed by atoms with E-state index >= 15 is 0 Å². The first-order chi connectivity index (χ1) is 12.4. The van der Waals surface area contributed by atoms with Gasteiger partial charge in [-0.15, -0.1) is 0 Å². The van der Waals surface area contributed by atoms with Crippen LogP contribution in [0.15, 0.2) is 22.8 Å². The van der Waals surface area contributed by atoms with E-state index in [0.717, 1.165) is 48.2 Å². The molecule has 0 bridgehead atoms. The molecule has 1 aromatic carbocycles. The predicted octanol–water partition coefficient (Wildman–Crippen LogP) is 3.21. The Morgan fingerprint density at radius 3 is 2.69 bits per heavy atom. The standard InChI is InChI=1S/C21H30N2O3/c1-14-6-7-19-18(13-25-21(19)17(14)4)10-20(24)22-8-5-9-23-11-15(2)26-16(3)12-23/h6-7,13,15-16H,5,8-12H2,1-4H3,(H,22,24). The third-order valence-corrected chi connectivity index (χ3v) is 5.16. The van der Waals surface area contributed by atoms with Gasteiger partial charge in [-0.1, -0.05) is 12.1 Å². The van der Waals surface area contributed by atoms with E-state index in [1.54, 1.807) is 6.26 Å². The number of furan rings is 1. The number of ether oxygens (including phenoxy) is 1. The van der Waals surface area contributed by atoms with Crippen LogP contribution >= 0.6 is 0 Å². The van der Waals surface area contributed by atoms with Crippen molar-refractivity contribution in [3.8, 4) is 0 Å². The number of carbonyl (C=O) groups is 1. The van der Waals surface area contributed by atoms with Gasteiger partial charge in [-0.25, -0.2) is 0 Å². The first-order valence-corrected chi connectivity index (χ1v) is 9.55. The monoisotopic (exact) mass is 358 g/mol. The van der Waals surface area contributed by atoms with E-state index in [9.17, 15) is 4.79 Å². The highest BCUT2D eigenvalue weighted by atomic mass is 16.5. The molecule has 5 nitrogen and oxygen atoms in total. The summed E-state index contributed by atoms with van der Waals surface area (Å²) in [6.07, 6.45) is 3.61. The van der Waals surface area contributed by atoms with Crippen LogP contribution in [0.3, 0.4) is 0 Å². The van der Waals surface area contributed by atoms with Crippen LogP contribution in [0.1, 0.15) is 37.0 Å². The summed E-state index contributed by atoms with van der Waals surface area (Å²) in [6, 6.07) is 4.13. The van der Waals surface area contributed by atoms with Gasteiger partial charge in [0.05, 0.1) is 24.9 Å². The van der Waals surface area contributed by atoms with Crippen LogP contribution in [0, 0.1) is 13.8 Å². The van der Waals surface area contributed by atoms with Gasteiger partial charge in [-0.05, 0) is 45.2 Å². The Morgan fingerprint density at radius 2 is 1.96 bits per heavy atom. The van der Waals surface area contributed by atoms with Gasteiger partial charge < -0.3 is 14.5 Å². The van der Waals surface area contributed by atoms with Gasteiger partial charge in [0.2, 0.25) is 5.91 Å². The number of morpholine rings is 1. The Morgan fingerprint density at radius 1 is 1.23 bits per heavy atom. The van der Waals surface area contributed by atoms with E-state index < -0.39 is 0 Å². The largest absolute Gasteiger partial charge is 0.464 e. The van der Waals surface area contributed by atoms with Gasteiger partial charge in [0.1, 0.15) is 5.58 Å². The first kappa shape index (κ1) is 18.9. The molecular formula is C21H30N2O3. The summed E-state index contributed by atoms with van der Waals surface area (Å²) in [5.74, 6) is 0.0506. The highest BCUT2D eigenvalue weighted by Crippen LogP contribution is 2.26. The normalized spacial score (nSPS) is 21.2. The number of benzene rings is 1. The van der Waals surface area contributed by atoms with Crippen LogP contribution in [0.5, 0.6) is 0 Å². The van der Waals surface area contributed by atoms with E-state index in [1.165, 1.54) is 5.56 Å². The van der Waals surface area contributed by atoms with Crippen molar-refractivity contribution in [2.24, 2.45) is 0 Å². The molecule has 0 spiro atoms. The molecule has 2 heterocycles. The Labute approximate surface area is 155 Å². The van der Waals surface area contributed by atoms with Gasteiger partial charge in [0.25, 0.3) is 0 Å². The molecule has 1 fully saturated rings. The molecule has 142 valence electrons. The van der Waals surface area contributed by atoms with E-state index in [0.29, 0.717) is 13.0 Å². The number of nitrogens with one attached hydrogen (secondary N) is 1. The van der Waals surface area contributed by atoms with E-state index in [1.807, 2.05) is 6.07 Å². The molecule has 1 N–H and O–H groups in total. The summed E-state index contributed by atoms with van der Waals surface area (Å²) in [6.45, 7) is 12.0. The molecule has 1 amide bonds. The van der Waals surface area contributed by atoms with Crippen molar-refractivity contribution in [3.63, 3.8) is 0 Å². The van der Waals surface area contributed by atoms with Crippen LogP contribution in [0.25, 0.3) is 11.0 Å². The van der Waals surface area contributed by atoms with E-state index in [4.69, 9.17) is 9.15 Å². The minimum atomic E-state index is 0.0506. The molecule has 1 aliphatic heterocycles. The number of carbonyl (C=O) groups excluding carboxylic acids is 1. The number of rotatable bonds is 6. The Bertz CT molecular complexity index is 758. The number of nitrogens with zero attached hydrogens (tertiary/aromatic N) is 1. The van der Waals surface area contributed by atoms with Gasteiger partial charge in [-0.2, -0.15) is 0 Å². The molecule has 0 saturated carbocycles. The second-order valence-electron chi connectivity index (χ2n) is 7.54. The fourth-order valence-corrected chi connectivity index (χ4v) is 3.76. The molecular weight excluding hydrogens is 328 g/mol. The summed E-state index contributed by atoms with van der Waals surface area (Å²) in [4.78, 5) is 14.7. The summed E-state index contributed by atoms with van der Waals surface area (Å²) in [5, 5.41) is 4.08. The topological polar surface area (TPSA) is 54.7 Å². The van der Waals surface area contributed by atoms with Gasteiger partial charge in [0, 0.05) is 37.1 Å². The number of fused-ring (bicyclic) bond motifs is 1. The Balaban J connectivity index is 1.45. The van der Waals surface area contributed by atoms with E-state index in [2.05, 4.69) is 44.0 Å². The quantitative estimate of drug-likeness (QED) is 0.806. The fraction of sp³-hybridized carbons (Fsp3) is 0.571. The van der Waals surface area contributed by atoms with Crippen LogP contribution in [0.2, 0.25) is 0 Å². The van der Waals surface area contributed by atoms with Crippen molar-refractivity contribution in [3.05, 3.63) is 35.1 Å². The van der Waals surface area contributed by atoms with Crippen molar-refractivity contribution >= 4 is 16.9 Å². The minimum Gasteiger partial charge on any atom is -0.464 e. The molecule has 26 heavy (non-hydrogen) atoms. The lowest BCUT2D eigenvalue weighted by Crippen LogP contribution is -2.46. The van der Waals surface area contributed by atoms with Crippen LogP contribution in [-0.2, 0) is 16.0 Å². The number of hydrogen-bond acceptors (Lipinski definition) is 4. The van der Waals surface area contributed by atoms with Gasteiger partial charge in [-0.3, -0.25) is 9.69 Å². The number of amides is 1. The summed E-state index contributed by atoms with van der Waals surface area (Å²) in [7, 11) is 0. The zero-order valence-corrected chi connectivity index (χ0v) is 16.3. The van der Waals surface area contributed by atoms with Crippen LogP contribution < -0.4 is 5.32 Å². The highest BCUT2D eigenvalue weighted by molar-refractivity contribution is 5.89. The molecule has 2 unspecified atom stereocenters. The Kier molecular flexibility index (Phi) is 5.99. The fourth-order valence-electron chi connectivity index (χ4n) is 3.76. The summed E-state index contributed by atoms with van der Waals surface area (Å²) >= 11 is 0. The number of hydrogen-bond donors (Lipinski definition) is 1. The predicted molar refractivity (Wildman–Crippen MR) is 103 cm³/mol. The van der Waals surface area contributed by atoms with Crippen molar-refractivity contribution in [1.82, 2.24) is 10.2 Å². The lowest BCUT2D eigenvalue weighted by atomic mass is 10.0. The lowest BCUT2D eigenvalue weighted by Gasteiger charge is -2.35. The molecule has 1 aromatic heterocycles. The molecule has 0 aliphatic carbocycles. The third-order valence-electron chi connectivity index (χ3n) is 5.16. The summed E-state index contributed by atoms with van der Waals surface area (Å²) < 4.78 is 11.4. The minimum absolute atomic E-state index is 0.0506. The third kappa shape index (κ3) is 4.46. The van der Waals surface area contributed by atoms with Crippen molar-refractivity contribution < 1.29 is 13.9 Å². The van der Waals surface area contributed by atoms with Crippen LogP contribution in [-0.4, -0.2) is 49.2 Å². The van der Waals surface area contributed by atoms with Crippen LogP contribution in [0.4, 0.5) is 0 Å². The zero-order valence-electron chi connectivity index (χ0n) is 16.3. The average molecular weight is 358 g/mol. The van der Waals surface area contributed by atoms with Gasteiger partial charge in [0.15, 0.2) is 0 Å². The smallest absolute Gasteiger partial charge is 0.224 e. The lowest BCUT2D eigenvalue weighted by molar-refractivity contribution is -0.120. The summed E-state index contributed by atoms with van der Waals surface area (Å²) in [5.41, 5.74) is 4.19. The van der Waals surface area contributed by atoms with Crippen molar-refractivity contribution in [2.45, 2.75) is 52.7 Å². The Hall–Kier alpha value is -1.85. The van der Waals surface area contributed by atoms with Crippen molar-refractivity contribution in [2.75, 3.05) is 26.2 Å². The first-order valence-electron chi connectivity index (χ1n) is 9.55. The second kappa shape index (κ2) is 8.23. The molecule has 1 aliphatic rings. The molecule has 2 atom stereocenters. The highest BCUT2D eigenvalue weighted by Gasteiger charge is 2.21. The number of aryl methyl sites for hydroxylation is 2. The maximum atomic E-state index is 12.3. The SMILES string of the molecule is Cc1ccc2c(CC(=O)NCCCN3CC(C)OC(C)C3)coc2c1C.